The van der Waals surface area contributed by atoms with Crippen LogP contribution in [0, 0.1) is 0 Å². The first-order valence-electron chi connectivity index (χ1n) is 8.32. The van der Waals surface area contributed by atoms with Crippen LogP contribution in [0.25, 0.3) is 0 Å². The third kappa shape index (κ3) is 3.46. The molecule has 1 fully saturated rings. The van der Waals surface area contributed by atoms with Gasteiger partial charge in [0.1, 0.15) is 0 Å². The van der Waals surface area contributed by atoms with E-state index in [9.17, 15) is 4.79 Å². The Morgan fingerprint density at radius 1 is 1.24 bits per heavy atom. The van der Waals surface area contributed by atoms with Crippen molar-refractivity contribution in [2.24, 2.45) is 0 Å². The molecule has 114 valence electrons. The molecule has 1 aliphatic heterocycles. The summed E-state index contributed by atoms with van der Waals surface area (Å²) in [6, 6.07) is 7.13. The number of nitrogens with one attached hydrogen (secondary N) is 1. The van der Waals surface area contributed by atoms with Gasteiger partial charge in [0.2, 0.25) is 5.91 Å². The number of amides is 1. The molecule has 1 N–H and O–H groups in total. The van der Waals surface area contributed by atoms with Crippen LogP contribution >= 0.6 is 0 Å². The smallest absolute Gasteiger partial charge is 0.227 e. The molecule has 0 saturated carbocycles. The highest BCUT2D eigenvalue weighted by Gasteiger charge is 2.22. The van der Waals surface area contributed by atoms with Crippen molar-refractivity contribution in [3.05, 3.63) is 34.9 Å². The quantitative estimate of drug-likeness (QED) is 0.925. The molecule has 1 amide bonds. The maximum Gasteiger partial charge on any atom is 0.227 e. The molecule has 1 unspecified atom stereocenters. The van der Waals surface area contributed by atoms with Crippen molar-refractivity contribution in [3.8, 4) is 0 Å². The Morgan fingerprint density at radius 3 is 2.86 bits per heavy atom. The van der Waals surface area contributed by atoms with Gasteiger partial charge in [0.05, 0.1) is 6.42 Å². The van der Waals surface area contributed by atoms with Gasteiger partial charge in [-0.2, -0.15) is 0 Å². The number of aryl methyl sites for hydroxylation is 2. The SMILES string of the molecule is CNC1CCCN(C(=O)Cc2ccc3c(c2)CCCC3)C1. The normalized spacial score (nSPS) is 22.0. The van der Waals surface area contributed by atoms with Crippen LogP contribution in [0.15, 0.2) is 18.2 Å². The van der Waals surface area contributed by atoms with Crippen LogP contribution in [-0.4, -0.2) is 37.0 Å². The molecule has 1 saturated heterocycles. The molecule has 3 rings (SSSR count). The van der Waals surface area contributed by atoms with Gasteiger partial charge >= 0.3 is 0 Å². The van der Waals surface area contributed by atoms with Crippen molar-refractivity contribution >= 4 is 5.91 Å². The van der Waals surface area contributed by atoms with Crippen LogP contribution in [0.2, 0.25) is 0 Å². The summed E-state index contributed by atoms with van der Waals surface area (Å²) in [6.07, 6.45) is 7.84. The van der Waals surface area contributed by atoms with Crippen molar-refractivity contribution in [3.63, 3.8) is 0 Å². The van der Waals surface area contributed by atoms with Crippen molar-refractivity contribution < 1.29 is 4.79 Å². The summed E-state index contributed by atoms with van der Waals surface area (Å²) in [7, 11) is 1.99. The Kier molecular flexibility index (Phi) is 4.59. The molecule has 21 heavy (non-hydrogen) atoms. The van der Waals surface area contributed by atoms with Crippen molar-refractivity contribution in [2.45, 2.75) is 51.0 Å². The van der Waals surface area contributed by atoms with E-state index in [1.165, 1.54) is 48.8 Å². The van der Waals surface area contributed by atoms with E-state index in [1.54, 1.807) is 0 Å². The average Bonchev–Trinajstić information content (AvgIpc) is 2.54. The highest BCUT2D eigenvalue weighted by Crippen LogP contribution is 2.23. The molecular weight excluding hydrogens is 260 g/mol. The monoisotopic (exact) mass is 286 g/mol. The second-order valence-electron chi connectivity index (χ2n) is 6.45. The second kappa shape index (κ2) is 6.61. The molecule has 1 heterocycles. The number of rotatable bonds is 3. The van der Waals surface area contributed by atoms with E-state index in [2.05, 4.69) is 23.5 Å². The Morgan fingerprint density at radius 2 is 2.05 bits per heavy atom. The summed E-state index contributed by atoms with van der Waals surface area (Å²) < 4.78 is 0. The third-order valence-corrected chi connectivity index (χ3v) is 4.95. The van der Waals surface area contributed by atoms with Crippen molar-refractivity contribution in [2.75, 3.05) is 20.1 Å². The van der Waals surface area contributed by atoms with Crippen LogP contribution in [0.5, 0.6) is 0 Å². The van der Waals surface area contributed by atoms with Crippen LogP contribution in [-0.2, 0) is 24.1 Å². The predicted octanol–water partition coefficient (Wildman–Crippen LogP) is 2.32. The number of likely N-dealkylation sites (N-methyl/N-ethyl adjacent to an activating group) is 1. The minimum Gasteiger partial charge on any atom is -0.341 e. The number of hydrogen-bond donors (Lipinski definition) is 1. The fourth-order valence-corrected chi connectivity index (χ4v) is 3.62. The average molecular weight is 286 g/mol. The molecule has 0 bridgehead atoms. The number of benzene rings is 1. The first-order valence-corrected chi connectivity index (χ1v) is 8.32. The maximum absolute atomic E-state index is 12.5. The zero-order chi connectivity index (χ0) is 14.7. The van der Waals surface area contributed by atoms with Gasteiger partial charge in [0.15, 0.2) is 0 Å². The minimum atomic E-state index is 0.283. The molecule has 1 aliphatic carbocycles. The molecule has 1 aromatic rings. The number of carbonyl (C=O) groups is 1. The molecule has 3 nitrogen and oxygen atoms in total. The summed E-state index contributed by atoms with van der Waals surface area (Å²) >= 11 is 0. The van der Waals surface area contributed by atoms with E-state index in [0.29, 0.717) is 12.5 Å². The van der Waals surface area contributed by atoms with Crippen LogP contribution < -0.4 is 5.32 Å². The van der Waals surface area contributed by atoms with Gasteiger partial charge in [-0.05, 0) is 62.3 Å². The fourth-order valence-electron chi connectivity index (χ4n) is 3.62. The Hall–Kier alpha value is -1.35. The molecule has 1 atom stereocenters. The lowest BCUT2D eigenvalue weighted by Gasteiger charge is -2.32. The summed E-state index contributed by atoms with van der Waals surface area (Å²) in [5.41, 5.74) is 4.15. The third-order valence-electron chi connectivity index (χ3n) is 4.95. The van der Waals surface area contributed by atoms with E-state index < -0.39 is 0 Å². The molecule has 0 radical (unpaired) electrons. The largest absolute Gasteiger partial charge is 0.341 e. The predicted molar refractivity (Wildman–Crippen MR) is 85.4 cm³/mol. The van der Waals surface area contributed by atoms with Gasteiger partial charge in [0.25, 0.3) is 0 Å². The van der Waals surface area contributed by atoms with Crippen molar-refractivity contribution in [1.29, 1.82) is 0 Å². The number of fused-ring (bicyclic) bond motifs is 1. The van der Waals surface area contributed by atoms with Gasteiger partial charge in [-0.25, -0.2) is 0 Å². The van der Waals surface area contributed by atoms with Crippen LogP contribution in [0.4, 0.5) is 0 Å². The number of nitrogens with zero attached hydrogens (tertiary/aromatic N) is 1. The summed E-state index contributed by atoms with van der Waals surface area (Å²) in [5.74, 6) is 0.283. The molecular formula is C18H26N2O. The van der Waals surface area contributed by atoms with Gasteiger partial charge in [-0.1, -0.05) is 18.2 Å². The van der Waals surface area contributed by atoms with Gasteiger partial charge in [0, 0.05) is 19.1 Å². The minimum absolute atomic E-state index is 0.283. The summed E-state index contributed by atoms with van der Waals surface area (Å²) in [5, 5.41) is 3.30. The van der Waals surface area contributed by atoms with E-state index in [0.717, 1.165) is 19.5 Å². The second-order valence-corrected chi connectivity index (χ2v) is 6.45. The number of hydrogen-bond acceptors (Lipinski definition) is 2. The lowest BCUT2D eigenvalue weighted by molar-refractivity contribution is -0.131. The number of piperidine rings is 1. The van der Waals surface area contributed by atoms with E-state index in [1.807, 2.05) is 11.9 Å². The Bertz CT molecular complexity index is 512. The molecule has 0 spiro atoms. The lowest BCUT2D eigenvalue weighted by atomic mass is 9.90. The topological polar surface area (TPSA) is 32.3 Å². The number of likely N-dealkylation sites (tertiary alicyclic amines) is 1. The highest BCUT2D eigenvalue weighted by molar-refractivity contribution is 5.79. The molecule has 1 aromatic carbocycles. The first-order chi connectivity index (χ1) is 10.3. The number of carbonyl (C=O) groups excluding carboxylic acids is 1. The van der Waals surface area contributed by atoms with Gasteiger partial charge in [-0.3, -0.25) is 4.79 Å². The van der Waals surface area contributed by atoms with Crippen LogP contribution in [0.3, 0.4) is 0 Å². The zero-order valence-electron chi connectivity index (χ0n) is 13.0. The van der Waals surface area contributed by atoms with Gasteiger partial charge in [-0.15, -0.1) is 0 Å². The van der Waals surface area contributed by atoms with Crippen molar-refractivity contribution in [1.82, 2.24) is 10.2 Å². The van der Waals surface area contributed by atoms with E-state index in [-0.39, 0.29) is 5.91 Å². The Balaban J connectivity index is 1.64. The lowest BCUT2D eigenvalue weighted by Crippen LogP contribution is -2.47. The highest BCUT2D eigenvalue weighted by atomic mass is 16.2. The fraction of sp³-hybridized carbons (Fsp3) is 0.611. The zero-order valence-corrected chi connectivity index (χ0v) is 13.0. The van der Waals surface area contributed by atoms with E-state index >= 15 is 0 Å². The molecule has 0 aromatic heterocycles. The first kappa shape index (κ1) is 14.6. The Labute approximate surface area is 127 Å². The van der Waals surface area contributed by atoms with E-state index in [4.69, 9.17) is 0 Å². The summed E-state index contributed by atoms with van der Waals surface area (Å²) in [6.45, 7) is 1.78. The molecule has 3 heteroatoms. The van der Waals surface area contributed by atoms with Gasteiger partial charge < -0.3 is 10.2 Å². The van der Waals surface area contributed by atoms with Crippen LogP contribution in [0.1, 0.15) is 42.4 Å². The molecule has 2 aliphatic rings. The standard InChI is InChI=1S/C18H26N2O/c1-19-17-7-4-10-20(13-17)18(21)12-14-8-9-15-5-2-3-6-16(15)11-14/h8-9,11,17,19H,2-7,10,12-13H2,1H3. The summed E-state index contributed by atoms with van der Waals surface area (Å²) in [4.78, 5) is 14.5. The maximum atomic E-state index is 12.5.